The molecule has 0 radical (unpaired) electrons. The second kappa shape index (κ2) is 9.35. The molecule has 3 aromatic carbocycles. The van der Waals surface area contributed by atoms with Gasteiger partial charge in [-0.05, 0) is 65.1 Å². The number of ketones is 1. The zero-order valence-electron chi connectivity index (χ0n) is 18.4. The second-order valence-corrected chi connectivity index (χ2v) is 8.30. The van der Waals surface area contributed by atoms with E-state index < -0.39 is 0 Å². The van der Waals surface area contributed by atoms with Gasteiger partial charge in [-0.1, -0.05) is 36.4 Å². The van der Waals surface area contributed by atoms with Crippen LogP contribution in [-0.2, 0) is 29.0 Å². The van der Waals surface area contributed by atoms with Gasteiger partial charge in [0.05, 0.1) is 5.57 Å². The summed E-state index contributed by atoms with van der Waals surface area (Å²) >= 11 is 0. The second-order valence-electron chi connectivity index (χ2n) is 8.30. The van der Waals surface area contributed by atoms with Crippen LogP contribution in [0, 0.1) is 5.82 Å². The lowest BCUT2D eigenvalue weighted by molar-refractivity contribution is -0.122. The Bertz CT molecular complexity index is 1400. The summed E-state index contributed by atoms with van der Waals surface area (Å²) in [6.07, 6.45) is 4.41. The quantitative estimate of drug-likeness (QED) is 0.396. The normalized spacial score (nSPS) is 12.9. The van der Waals surface area contributed by atoms with Gasteiger partial charge in [0.2, 0.25) is 0 Å². The van der Waals surface area contributed by atoms with Crippen molar-refractivity contribution in [2.75, 3.05) is 6.54 Å². The third-order valence-corrected chi connectivity index (χ3v) is 5.98. The summed E-state index contributed by atoms with van der Waals surface area (Å²) in [5.41, 5.74) is 4.85. The maximum Gasteiger partial charge on any atom is 0.254 e. The Labute approximate surface area is 196 Å². The number of hydrogen-bond donors (Lipinski definition) is 2. The Balaban J connectivity index is 1.22. The Morgan fingerprint density at radius 3 is 2.74 bits per heavy atom. The highest BCUT2D eigenvalue weighted by Gasteiger charge is 2.24. The van der Waals surface area contributed by atoms with Gasteiger partial charge in [-0.3, -0.25) is 9.59 Å². The first-order valence-corrected chi connectivity index (χ1v) is 11.1. The van der Waals surface area contributed by atoms with Crippen molar-refractivity contribution < 1.29 is 18.7 Å². The fourth-order valence-electron chi connectivity index (χ4n) is 4.15. The number of benzene rings is 3. The highest BCUT2D eigenvalue weighted by atomic mass is 19.1. The molecule has 0 spiro atoms. The Kier molecular flexibility index (Phi) is 5.95. The van der Waals surface area contributed by atoms with E-state index in [2.05, 4.69) is 10.3 Å². The van der Waals surface area contributed by atoms with Crippen LogP contribution in [0.25, 0.3) is 17.0 Å². The average Bonchev–Trinajstić information content (AvgIpc) is 3.26. The molecule has 0 saturated carbocycles. The van der Waals surface area contributed by atoms with Crippen LogP contribution in [0.2, 0.25) is 0 Å². The molecule has 2 N–H and O–H groups in total. The van der Waals surface area contributed by atoms with Gasteiger partial charge in [0.1, 0.15) is 18.2 Å². The number of H-pyrrole nitrogens is 1. The molecule has 1 aliphatic carbocycles. The molecule has 4 aromatic rings. The molecule has 34 heavy (non-hydrogen) atoms. The molecule has 0 saturated heterocycles. The summed E-state index contributed by atoms with van der Waals surface area (Å²) < 4.78 is 18.8. The van der Waals surface area contributed by atoms with Crippen molar-refractivity contribution in [3.8, 4) is 5.75 Å². The monoisotopic (exact) mass is 454 g/mol. The first kappa shape index (κ1) is 21.6. The molecule has 0 unspecified atom stereocenters. The average molecular weight is 455 g/mol. The van der Waals surface area contributed by atoms with E-state index in [-0.39, 0.29) is 29.5 Å². The minimum absolute atomic E-state index is 0.144. The number of carbonyl (C=O) groups excluding carboxylic acids is 2. The summed E-state index contributed by atoms with van der Waals surface area (Å²) in [5.74, 6) is -0.239. The summed E-state index contributed by atoms with van der Waals surface area (Å²) in [6.45, 7) is 0.737. The van der Waals surface area contributed by atoms with E-state index in [0.29, 0.717) is 25.3 Å². The maximum atomic E-state index is 13.0. The van der Waals surface area contributed by atoms with Crippen LogP contribution < -0.4 is 10.1 Å². The molecule has 6 heteroatoms. The number of aromatic amines is 1. The van der Waals surface area contributed by atoms with Crippen LogP contribution in [0.3, 0.4) is 0 Å². The number of nitrogens with one attached hydrogen (secondary N) is 2. The van der Waals surface area contributed by atoms with Crippen LogP contribution in [0.15, 0.2) is 78.5 Å². The lowest BCUT2D eigenvalue weighted by Crippen LogP contribution is -2.31. The number of carbonyl (C=O) groups is 2. The highest BCUT2D eigenvalue weighted by Crippen LogP contribution is 2.26. The van der Waals surface area contributed by atoms with Crippen molar-refractivity contribution >= 4 is 28.7 Å². The van der Waals surface area contributed by atoms with Crippen molar-refractivity contribution in [3.05, 3.63) is 107 Å². The zero-order chi connectivity index (χ0) is 23.5. The number of aromatic nitrogens is 1. The number of fused-ring (bicyclic) bond motifs is 2. The summed E-state index contributed by atoms with van der Waals surface area (Å²) in [5, 5.41) is 4.01. The molecule has 0 atom stereocenters. The lowest BCUT2D eigenvalue weighted by atomic mass is 9.90. The molecule has 0 bridgehead atoms. The lowest BCUT2D eigenvalue weighted by Gasteiger charge is -2.17. The van der Waals surface area contributed by atoms with Crippen LogP contribution in [0.5, 0.6) is 5.75 Å². The van der Waals surface area contributed by atoms with Crippen molar-refractivity contribution in [2.45, 2.75) is 19.4 Å². The molecule has 5 rings (SSSR count). The molecule has 0 aliphatic heterocycles. The molecule has 1 heterocycles. The minimum Gasteiger partial charge on any atom is -0.489 e. The molecular formula is C28H23FN2O3. The van der Waals surface area contributed by atoms with Crippen LogP contribution in [-0.4, -0.2) is 23.2 Å². The van der Waals surface area contributed by atoms with Gasteiger partial charge >= 0.3 is 0 Å². The van der Waals surface area contributed by atoms with Gasteiger partial charge in [-0.15, -0.1) is 0 Å². The van der Waals surface area contributed by atoms with E-state index in [1.165, 1.54) is 12.1 Å². The molecule has 1 aliphatic rings. The van der Waals surface area contributed by atoms with E-state index in [0.717, 1.165) is 33.2 Å². The van der Waals surface area contributed by atoms with Crippen LogP contribution in [0.4, 0.5) is 4.39 Å². The Hall–Kier alpha value is -4.19. The standard InChI is InChI=1S/C28H23FN2O3/c29-22-8-5-18(6-9-22)17-34-23-10-7-19-14-25(27(32)15-21(19)13-23)28(33)30-12-11-20-16-31-26-4-2-1-3-24(20)26/h1-10,13-14,16,31H,11-12,15,17H2,(H,30,33). The van der Waals surface area contributed by atoms with Crippen molar-refractivity contribution in [3.63, 3.8) is 0 Å². The van der Waals surface area contributed by atoms with E-state index in [9.17, 15) is 14.0 Å². The number of amides is 1. The van der Waals surface area contributed by atoms with Crippen molar-refractivity contribution in [1.82, 2.24) is 10.3 Å². The Morgan fingerprint density at radius 2 is 1.88 bits per heavy atom. The smallest absolute Gasteiger partial charge is 0.254 e. The molecule has 1 aromatic heterocycles. The SMILES string of the molecule is O=C1Cc2cc(OCc3ccc(F)cc3)ccc2C=C1C(=O)NCCc1c[nH]c2ccccc12. The van der Waals surface area contributed by atoms with E-state index >= 15 is 0 Å². The summed E-state index contributed by atoms with van der Waals surface area (Å²) in [6, 6.07) is 19.6. The van der Waals surface area contributed by atoms with Gasteiger partial charge < -0.3 is 15.0 Å². The predicted molar refractivity (Wildman–Crippen MR) is 129 cm³/mol. The van der Waals surface area contributed by atoms with E-state index in [1.54, 1.807) is 24.3 Å². The Morgan fingerprint density at radius 1 is 1.06 bits per heavy atom. The zero-order valence-corrected chi connectivity index (χ0v) is 18.4. The summed E-state index contributed by atoms with van der Waals surface area (Å²) in [7, 11) is 0. The number of halogens is 1. The third kappa shape index (κ3) is 4.62. The number of para-hydroxylation sites is 1. The summed E-state index contributed by atoms with van der Waals surface area (Å²) in [4.78, 5) is 28.6. The molecule has 5 nitrogen and oxygen atoms in total. The molecule has 170 valence electrons. The first-order valence-electron chi connectivity index (χ1n) is 11.1. The van der Waals surface area contributed by atoms with Gasteiger partial charge in [0, 0.05) is 30.1 Å². The number of hydrogen-bond acceptors (Lipinski definition) is 3. The van der Waals surface area contributed by atoms with E-state index in [4.69, 9.17) is 4.74 Å². The predicted octanol–water partition coefficient (Wildman–Crippen LogP) is 4.75. The fraction of sp³-hybridized carbons (Fsp3) is 0.143. The maximum absolute atomic E-state index is 13.0. The highest BCUT2D eigenvalue weighted by molar-refractivity contribution is 6.24. The first-order chi connectivity index (χ1) is 16.6. The number of Topliss-reactive ketones (excluding diaryl/α,β-unsaturated/α-hetero) is 1. The molecular weight excluding hydrogens is 431 g/mol. The van der Waals surface area contributed by atoms with Crippen molar-refractivity contribution in [1.29, 1.82) is 0 Å². The third-order valence-electron chi connectivity index (χ3n) is 5.98. The fourth-order valence-corrected chi connectivity index (χ4v) is 4.15. The van der Waals surface area contributed by atoms with Crippen LogP contribution in [0.1, 0.15) is 22.3 Å². The largest absolute Gasteiger partial charge is 0.489 e. The number of rotatable bonds is 7. The van der Waals surface area contributed by atoms with Crippen molar-refractivity contribution in [2.24, 2.45) is 0 Å². The van der Waals surface area contributed by atoms with Gasteiger partial charge in [-0.25, -0.2) is 4.39 Å². The van der Waals surface area contributed by atoms with Gasteiger partial charge in [-0.2, -0.15) is 0 Å². The minimum atomic E-state index is -0.355. The topological polar surface area (TPSA) is 71.2 Å². The van der Waals surface area contributed by atoms with Gasteiger partial charge in [0.15, 0.2) is 5.78 Å². The van der Waals surface area contributed by atoms with Crippen LogP contribution >= 0.6 is 0 Å². The van der Waals surface area contributed by atoms with Gasteiger partial charge in [0.25, 0.3) is 5.91 Å². The number of ether oxygens (including phenoxy) is 1. The molecule has 1 amide bonds. The molecule has 0 fully saturated rings. The van der Waals surface area contributed by atoms with E-state index in [1.807, 2.05) is 42.6 Å².